The van der Waals surface area contributed by atoms with Crippen LogP contribution in [0.4, 0.5) is 5.82 Å². The summed E-state index contributed by atoms with van der Waals surface area (Å²) in [6, 6.07) is 3.92. The third-order valence-corrected chi connectivity index (χ3v) is 7.70. The number of nitrogens with zero attached hydrogens (tertiary/aromatic N) is 5. The van der Waals surface area contributed by atoms with Crippen LogP contribution in [0.1, 0.15) is 51.8 Å². The van der Waals surface area contributed by atoms with E-state index in [1.54, 1.807) is 6.20 Å². The summed E-state index contributed by atoms with van der Waals surface area (Å²) in [6.07, 6.45) is 9.75. The first-order valence-electron chi connectivity index (χ1n) is 14.1. The summed E-state index contributed by atoms with van der Waals surface area (Å²) in [7, 11) is 2.03. The Morgan fingerprint density at radius 3 is 2.77 bits per heavy atom. The zero-order valence-corrected chi connectivity index (χ0v) is 23.2. The van der Waals surface area contributed by atoms with E-state index in [-0.39, 0.29) is 18.0 Å². The van der Waals surface area contributed by atoms with Crippen LogP contribution in [-0.4, -0.2) is 76.2 Å². The van der Waals surface area contributed by atoms with Crippen LogP contribution >= 0.6 is 0 Å². The summed E-state index contributed by atoms with van der Waals surface area (Å²) in [4.78, 5) is 33.9. The highest BCUT2D eigenvalue weighted by Gasteiger charge is 2.32. The Balaban J connectivity index is 1.50. The number of anilines is 1. The molecule has 4 bridgehead atoms. The lowest BCUT2D eigenvalue weighted by atomic mass is 9.96. The molecule has 2 aliphatic rings. The van der Waals surface area contributed by atoms with E-state index >= 15 is 0 Å². The minimum atomic E-state index is -0.166. The number of benzene rings is 1. The fourth-order valence-corrected chi connectivity index (χ4v) is 5.24. The molecule has 3 atom stereocenters. The van der Waals surface area contributed by atoms with Crippen molar-refractivity contribution in [3.05, 3.63) is 36.5 Å². The van der Waals surface area contributed by atoms with Crippen molar-refractivity contribution < 1.29 is 14.3 Å². The van der Waals surface area contributed by atoms with Gasteiger partial charge in [0.25, 0.3) is 0 Å². The molecule has 2 N–H and O–H groups in total. The van der Waals surface area contributed by atoms with Crippen molar-refractivity contribution in [3.63, 3.8) is 0 Å². The predicted molar refractivity (Wildman–Crippen MR) is 150 cm³/mol. The summed E-state index contributed by atoms with van der Waals surface area (Å²) in [6.45, 7) is 7.28. The van der Waals surface area contributed by atoms with Crippen molar-refractivity contribution in [2.24, 2.45) is 5.92 Å². The number of piperidine rings is 1. The molecule has 39 heavy (non-hydrogen) atoms. The Kier molecular flexibility index (Phi) is 8.83. The van der Waals surface area contributed by atoms with E-state index in [4.69, 9.17) is 19.4 Å². The molecule has 1 aromatic carbocycles. The molecule has 2 aromatic heterocycles. The molecule has 0 spiro atoms. The molecule has 0 saturated carbocycles. The maximum atomic E-state index is 13.1. The first kappa shape index (κ1) is 27.2. The van der Waals surface area contributed by atoms with Crippen LogP contribution < -0.4 is 15.4 Å². The van der Waals surface area contributed by atoms with Gasteiger partial charge in [0.05, 0.1) is 24.4 Å². The van der Waals surface area contributed by atoms with Gasteiger partial charge >= 0.3 is 0 Å². The van der Waals surface area contributed by atoms with Gasteiger partial charge in [-0.05, 0) is 50.8 Å². The number of aromatic nitrogens is 4. The normalized spacial score (nSPS) is 22.4. The first-order chi connectivity index (χ1) is 19.1. The summed E-state index contributed by atoms with van der Waals surface area (Å²) >= 11 is 0. The Bertz CT molecular complexity index is 1270. The summed E-state index contributed by atoms with van der Waals surface area (Å²) in [5.74, 6) is 2.41. The molecular weight excluding hydrogens is 494 g/mol. The van der Waals surface area contributed by atoms with Crippen LogP contribution in [0, 0.1) is 5.92 Å². The number of ether oxygens (including phenoxy) is 2. The monoisotopic (exact) mass is 533 g/mol. The van der Waals surface area contributed by atoms with Crippen molar-refractivity contribution in [2.45, 2.75) is 64.6 Å². The molecule has 1 unspecified atom stereocenters. The van der Waals surface area contributed by atoms with Gasteiger partial charge in [-0.25, -0.2) is 15.0 Å². The maximum absolute atomic E-state index is 13.1. The van der Waals surface area contributed by atoms with Crippen molar-refractivity contribution in [3.8, 4) is 16.9 Å². The number of carbonyl (C=O) groups is 1. The van der Waals surface area contributed by atoms with Gasteiger partial charge in [-0.3, -0.25) is 14.7 Å². The number of hydrogen-bond donors (Lipinski definition) is 2. The number of likely N-dealkylation sites (N-methyl/N-ethyl adjacent to an activating group) is 1. The third kappa shape index (κ3) is 6.45. The zero-order valence-electron chi connectivity index (χ0n) is 23.2. The average Bonchev–Trinajstić information content (AvgIpc) is 2.96. The van der Waals surface area contributed by atoms with Crippen molar-refractivity contribution in [2.75, 3.05) is 38.7 Å². The number of likely N-dealkylation sites (tertiary alicyclic amines) is 1. The lowest BCUT2D eigenvalue weighted by Crippen LogP contribution is -2.52. The molecule has 5 rings (SSSR count). The van der Waals surface area contributed by atoms with E-state index in [0.717, 1.165) is 48.9 Å². The number of amides is 1. The molecule has 1 saturated heterocycles. The number of hydrogen-bond acceptors (Lipinski definition) is 9. The Morgan fingerprint density at radius 1 is 1.13 bits per heavy atom. The molecular formula is C29H39N7O3. The SMILES string of the molecule is CCCOCc1ncc(-c2ccc3ncc4nc3c2OCCC(CC)CNC(=O)[C@@H]2C[C@H](CCN2C)N4)cn1. The highest BCUT2D eigenvalue weighted by atomic mass is 16.5. The van der Waals surface area contributed by atoms with Gasteiger partial charge in [-0.15, -0.1) is 0 Å². The largest absolute Gasteiger partial charge is 0.491 e. The van der Waals surface area contributed by atoms with Crippen LogP contribution in [-0.2, 0) is 16.1 Å². The van der Waals surface area contributed by atoms with Gasteiger partial charge in [0, 0.05) is 49.3 Å². The third-order valence-electron chi connectivity index (χ3n) is 7.70. The molecule has 208 valence electrons. The van der Waals surface area contributed by atoms with Gasteiger partial charge in [0.2, 0.25) is 5.91 Å². The molecule has 3 aromatic rings. The van der Waals surface area contributed by atoms with Gasteiger partial charge in [-0.2, -0.15) is 0 Å². The van der Waals surface area contributed by atoms with Crippen molar-refractivity contribution in [1.29, 1.82) is 0 Å². The number of nitrogens with one attached hydrogen (secondary N) is 2. The minimum absolute atomic E-state index is 0.0916. The standard InChI is InChI=1S/C29H39N7O3/c1-4-11-38-18-26-31-15-20(16-32-26)22-6-7-23-27-28(22)39-12-9-19(5-2)14-33-29(37)24-13-21(8-10-36(24)3)34-25(35-27)17-30-23/h6-7,15-17,19,21,24H,4-5,8-14,18H2,1-3H3,(H,33,37)(H,34,35)/t19?,21-,24-/m0/s1. The second-order valence-electron chi connectivity index (χ2n) is 10.5. The van der Waals surface area contributed by atoms with E-state index in [1.165, 1.54) is 0 Å². The fourth-order valence-electron chi connectivity index (χ4n) is 5.24. The number of rotatable bonds is 6. The van der Waals surface area contributed by atoms with Crippen LogP contribution in [0.15, 0.2) is 30.7 Å². The van der Waals surface area contributed by atoms with E-state index in [9.17, 15) is 4.79 Å². The molecule has 1 amide bonds. The quantitative estimate of drug-likeness (QED) is 0.457. The van der Waals surface area contributed by atoms with Gasteiger partial charge in [0.15, 0.2) is 11.6 Å². The van der Waals surface area contributed by atoms with Gasteiger partial charge in [-0.1, -0.05) is 20.3 Å². The molecule has 0 aliphatic carbocycles. The van der Waals surface area contributed by atoms with E-state index in [2.05, 4.69) is 39.3 Å². The Labute approximate surface area is 229 Å². The Hall–Kier alpha value is -3.37. The number of carbonyl (C=O) groups excluding carboxylic acids is 1. The topological polar surface area (TPSA) is 114 Å². The first-order valence-corrected chi connectivity index (χ1v) is 14.1. The van der Waals surface area contributed by atoms with Crippen molar-refractivity contribution >= 4 is 22.8 Å². The van der Waals surface area contributed by atoms with Gasteiger partial charge < -0.3 is 20.1 Å². The van der Waals surface area contributed by atoms with Crippen LogP contribution in [0.3, 0.4) is 0 Å². The predicted octanol–water partition coefficient (Wildman–Crippen LogP) is 3.81. The minimum Gasteiger partial charge on any atom is -0.491 e. The lowest BCUT2D eigenvalue weighted by molar-refractivity contribution is -0.127. The smallest absolute Gasteiger partial charge is 0.237 e. The zero-order chi connectivity index (χ0) is 27.2. The molecule has 4 heterocycles. The summed E-state index contributed by atoms with van der Waals surface area (Å²) in [5.41, 5.74) is 3.19. The van der Waals surface area contributed by atoms with Crippen molar-refractivity contribution in [1.82, 2.24) is 30.2 Å². The average molecular weight is 534 g/mol. The maximum Gasteiger partial charge on any atom is 0.237 e. The lowest BCUT2D eigenvalue weighted by Gasteiger charge is -2.36. The molecule has 2 aliphatic heterocycles. The Morgan fingerprint density at radius 2 is 1.97 bits per heavy atom. The highest BCUT2D eigenvalue weighted by Crippen LogP contribution is 2.36. The summed E-state index contributed by atoms with van der Waals surface area (Å²) < 4.78 is 12.1. The van der Waals surface area contributed by atoms with E-state index in [0.29, 0.717) is 61.6 Å². The van der Waals surface area contributed by atoms with E-state index < -0.39 is 0 Å². The molecule has 10 heteroatoms. The second-order valence-corrected chi connectivity index (χ2v) is 10.5. The fraction of sp³-hybridized carbons (Fsp3) is 0.552. The molecule has 1 fully saturated rings. The summed E-state index contributed by atoms with van der Waals surface area (Å²) in [5, 5.41) is 6.75. The highest BCUT2D eigenvalue weighted by molar-refractivity contribution is 5.90. The van der Waals surface area contributed by atoms with E-state index in [1.807, 2.05) is 31.6 Å². The van der Waals surface area contributed by atoms with Crippen LogP contribution in [0.25, 0.3) is 22.2 Å². The molecule has 10 nitrogen and oxygen atoms in total. The molecule has 0 radical (unpaired) electrons. The van der Waals surface area contributed by atoms with Crippen LogP contribution in [0.2, 0.25) is 0 Å². The van der Waals surface area contributed by atoms with Gasteiger partial charge in [0.1, 0.15) is 17.9 Å². The number of fused-ring (bicyclic) bond motifs is 3. The second kappa shape index (κ2) is 12.7. The van der Waals surface area contributed by atoms with Crippen LogP contribution in [0.5, 0.6) is 5.75 Å².